The number of hydrogen-bond donors (Lipinski definition) is 0. The molecule has 1 aliphatic heterocycles. The number of amides is 1. The van der Waals surface area contributed by atoms with Crippen molar-refractivity contribution in [1.82, 2.24) is 0 Å². The molecule has 1 aliphatic rings. The van der Waals surface area contributed by atoms with Crippen molar-refractivity contribution in [2.24, 2.45) is 0 Å². The number of carbonyl (C=O) groups is 3. The molecule has 0 fully saturated rings. The van der Waals surface area contributed by atoms with Crippen LogP contribution in [0.25, 0.3) is 0 Å². The summed E-state index contributed by atoms with van der Waals surface area (Å²) in [7, 11) is 0. The van der Waals surface area contributed by atoms with E-state index in [4.69, 9.17) is 0 Å². The highest BCUT2D eigenvalue weighted by Gasteiger charge is 2.37. The van der Waals surface area contributed by atoms with Gasteiger partial charge in [0.05, 0.1) is 26.5 Å². The number of anilines is 1. The Morgan fingerprint density at radius 1 is 1.24 bits per heavy atom. The molecule has 0 radical (unpaired) electrons. The Hall–Kier alpha value is -1.79. The Morgan fingerprint density at radius 3 is 2.67 bits per heavy atom. The van der Waals surface area contributed by atoms with Crippen LogP contribution < -0.4 is 4.90 Å². The quantitative estimate of drug-likeness (QED) is 0.621. The lowest BCUT2D eigenvalue weighted by molar-refractivity contribution is -0.114. The molecule has 1 aromatic carbocycles. The summed E-state index contributed by atoms with van der Waals surface area (Å²) in [6, 6.07) is 8.67. The number of carbonyl (C=O) groups excluding carboxylic acids is 3. The smallest absolute Gasteiger partial charge is 0.297 e. The molecule has 0 bridgehead atoms. The van der Waals surface area contributed by atoms with Crippen LogP contribution in [-0.2, 0) is 4.79 Å². The van der Waals surface area contributed by atoms with Gasteiger partial charge in [0.2, 0.25) is 0 Å². The third kappa shape index (κ3) is 2.34. The molecule has 0 unspecified atom stereocenters. The van der Waals surface area contributed by atoms with Gasteiger partial charge in [-0.25, -0.2) is 0 Å². The maximum absolute atomic E-state index is 12.3. The van der Waals surface area contributed by atoms with Crippen molar-refractivity contribution in [3.8, 4) is 0 Å². The van der Waals surface area contributed by atoms with Crippen LogP contribution in [0.2, 0.25) is 0 Å². The molecule has 0 N–H and O–H groups in total. The number of Topliss-reactive ketones (excluding diaryl/α,β-unsaturated/α-hetero) is 2. The molecular formula is C15H10BrNO3S. The topological polar surface area (TPSA) is 54.5 Å². The zero-order valence-electron chi connectivity index (χ0n) is 11.1. The molecule has 2 heterocycles. The first kappa shape index (κ1) is 14.2. The molecule has 106 valence electrons. The van der Waals surface area contributed by atoms with Crippen LogP contribution in [0.1, 0.15) is 25.6 Å². The maximum Gasteiger partial charge on any atom is 0.299 e. The normalized spacial score (nSPS) is 13.7. The van der Waals surface area contributed by atoms with Gasteiger partial charge in [-0.2, -0.15) is 0 Å². The summed E-state index contributed by atoms with van der Waals surface area (Å²) in [6.07, 6.45) is 0. The van der Waals surface area contributed by atoms with E-state index < -0.39 is 11.7 Å². The van der Waals surface area contributed by atoms with E-state index in [-0.39, 0.29) is 12.3 Å². The molecule has 0 aliphatic carbocycles. The Labute approximate surface area is 133 Å². The fourth-order valence-corrected chi connectivity index (χ4v) is 3.69. The minimum atomic E-state index is -0.636. The number of nitrogens with zero attached hydrogens (tertiary/aromatic N) is 1. The van der Waals surface area contributed by atoms with Crippen LogP contribution in [0, 0.1) is 6.92 Å². The summed E-state index contributed by atoms with van der Waals surface area (Å²) in [6.45, 7) is 1.71. The fraction of sp³-hybridized carbons (Fsp3) is 0.133. The third-order valence-electron chi connectivity index (χ3n) is 3.34. The molecule has 1 aromatic heterocycles. The van der Waals surface area contributed by atoms with Crippen molar-refractivity contribution < 1.29 is 14.4 Å². The summed E-state index contributed by atoms with van der Waals surface area (Å²) in [5, 5.41) is 0. The Balaban J connectivity index is 1.95. The van der Waals surface area contributed by atoms with Gasteiger partial charge in [0.1, 0.15) is 0 Å². The molecular weight excluding hydrogens is 354 g/mol. The van der Waals surface area contributed by atoms with Gasteiger partial charge in [-0.15, -0.1) is 11.3 Å². The summed E-state index contributed by atoms with van der Waals surface area (Å²) in [4.78, 5) is 38.2. The number of aryl methyl sites for hydroxylation is 1. The van der Waals surface area contributed by atoms with Gasteiger partial charge in [-0.1, -0.05) is 12.1 Å². The molecule has 2 aromatic rings. The van der Waals surface area contributed by atoms with Crippen LogP contribution in [0.4, 0.5) is 5.69 Å². The van der Waals surface area contributed by atoms with E-state index in [1.54, 1.807) is 24.3 Å². The molecule has 0 spiro atoms. The SMILES string of the molecule is Cc1cccc2c1N(CC(=O)c1ccc(Br)s1)C(=O)C2=O. The van der Waals surface area contributed by atoms with Gasteiger partial charge in [-0.3, -0.25) is 19.3 Å². The molecule has 3 rings (SSSR count). The lowest BCUT2D eigenvalue weighted by Crippen LogP contribution is -2.34. The highest BCUT2D eigenvalue weighted by Crippen LogP contribution is 2.32. The lowest BCUT2D eigenvalue weighted by Gasteiger charge is -2.17. The summed E-state index contributed by atoms with van der Waals surface area (Å²) < 4.78 is 0.853. The molecule has 0 saturated heterocycles. The predicted molar refractivity (Wildman–Crippen MR) is 84.2 cm³/mol. The summed E-state index contributed by atoms with van der Waals surface area (Å²) in [5.74, 6) is -1.36. The van der Waals surface area contributed by atoms with Crippen molar-refractivity contribution in [3.63, 3.8) is 0 Å². The minimum Gasteiger partial charge on any atom is -0.297 e. The van der Waals surface area contributed by atoms with Crippen molar-refractivity contribution >= 4 is 50.4 Å². The van der Waals surface area contributed by atoms with E-state index in [0.717, 1.165) is 9.35 Å². The highest BCUT2D eigenvalue weighted by molar-refractivity contribution is 9.11. The number of benzene rings is 1. The number of rotatable bonds is 3. The second kappa shape index (κ2) is 5.20. The Morgan fingerprint density at radius 2 is 2.00 bits per heavy atom. The zero-order chi connectivity index (χ0) is 15.1. The molecule has 4 nitrogen and oxygen atoms in total. The number of para-hydroxylation sites is 1. The average molecular weight is 364 g/mol. The number of hydrogen-bond acceptors (Lipinski definition) is 4. The van der Waals surface area contributed by atoms with Gasteiger partial charge in [-0.05, 0) is 46.6 Å². The van der Waals surface area contributed by atoms with Gasteiger partial charge in [0.15, 0.2) is 5.78 Å². The zero-order valence-corrected chi connectivity index (χ0v) is 13.5. The van der Waals surface area contributed by atoms with Crippen LogP contribution >= 0.6 is 27.3 Å². The summed E-state index contributed by atoms with van der Waals surface area (Å²) >= 11 is 4.61. The molecule has 0 saturated carbocycles. The molecule has 0 atom stereocenters. The van der Waals surface area contributed by atoms with Crippen molar-refractivity contribution in [3.05, 3.63) is 50.1 Å². The lowest BCUT2D eigenvalue weighted by atomic mass is 10.1. The average Bonchev–Trinajstić information content (AvgIpc) is 2.98. The number of thiophene rings is 1. The first-order chi connectivity index (χ1) is 9.99. The Kier molecular flexibility index (Phi) is 3.51. The summed E-state index contributed by atoms with van der Waals surface area (Å²) in [5.41, 5.74) is 1.74. The number of fused-ring (bicyclic) bond motifs is 1. The standard InChI is InChI=1S/C15H10BrNO3S/c1-8-3-2-4-9-13(8)17(15(20)14(9)19)7-10(18)11-5-6-12(16)21-11/h2-6H,7H2,1H3. The van der Waals surface area contributed by atoms with Crippen molar-refractivity contribution in [2.75, 3.05) is 11.4 Å². The van der Waals surface area contributed by atoms with E-state index in [2.05, 4.69) is 15.9 Å². The van der Waals surface area contributed by atoms with Crippen LogP contribution in [-0.4, -0.2) is 24.0 Å². The van der Waals surface area contributed by atoms with E-state index in [1.807, 2.05) is 13.0 Å². The van der Waals surface area contributed by atoms with Crippen LogP contribution in [0.5, 0.6) is 0 Å². The molecule has 21 heavy (non-hydrogen) atoms. The van der Waals surface area contributed by atoms with E-state index in [9.17, 15) is 14.4 Å². The fourth-order valence-electron chi connectivity index (χ4n) is 2.38. The van der Waals surface area contributed by atoms with Crippen molar-refractivity contribution in [1.29, 1.82) is 0 Å². The van der Waals surface area contributed by atoms with Gasteiger partial charge < -0.3 is 0 Å². The number of ketones is 2. The molecule has 1 amide bonds. The first-order valence-corrected chi connectivity index (χ1v) is 7.84. The van der Waals surface area contributed by atoms with Gasteiger partial charge in [0.25, 0.3) is 11.7 Å². The largest absolute Gasteiger partial charge is 0.299 e. The number of halogens is 1. The Bertz CT molecular complexity index is 781. The predicted octanol–water partition coefficient (Wildman–Crippen LogP) is 3.23. The second-order valence-corrected chi connectivity index (χ2v) is 7.18. The second-order valence-electron chi connectivity index (χ2n) is 4.72. The van der Waals surface area contributed by atoms with Crippen LogP contribution in [0.3, 0.4) is 0 Å². The van der Waals surface area contributed by atoms with Gasteiger partial charge >= 0.3 is 0 Å². The van der Waals surface area contributed by atoms with Crippen molar-refractivity contribution in [2.45, 2.75) is 6.92 Å². The minimum absolute atomic E-state index is 0.116. The highest BCUT2D eigenvalue weighted by atomic mass is 79.9. The first-order valence-electron chi connectivity index (χ1n) is 6.23. The molecule has 6 heteroatoms. The van der Waals surface area contributed by atoms with E-state index >= 15 is 0 Å². The monoisotopic (exact) mass is 363 g/mol. The van der Waals surface area contributed by atoms with Crippen LogP contribution in [0.15, 0.2) is 34.1 Å². The van der Waals surface area contributed by atoms with E-state index in [0.29, 0.717) is 16.1 Å². The maximum atomic E-state index is 12.3. The van der Waals surface area contributed by atoms with Gasteiger partial charge in [0, 0.05) is 0 Å². The third-order valence-corrected chi connectivity index (χ3v) is 5.01. The van der Waals surface area contributed by atoms with E-state index in [1.165, 1.54) is 16.2 Å².